The number of hydrogen-bond donors (Lipinski definition) is 1. The summed E-state index contributed by atoms with van der Waals surface area (Å²) in [5, 5.41) is 7.18. The lowest BCUT2D eigenvalue weighted by molar-refractivity contribution is 1.14. The van der Waals surface area contributed by atoms with Crippen LogP contribution in [-0.2, 0) is 6.42 Å². The number of aromatic nitrogens is 2. The molecule has 2 heterocycles. The fraction of sp³-hybridized carbons (Fsp3) is 0.100. The zero-order valence-electron chi connectivity index (χ0n) is 13.7. The van der Waals surface area contributed by atoms with Gasteiger partial charge in [0.1, 0.15) is 17.0 Å². The summed E-state index contributed by atoms with van der Waals surface area (Å²) in [4.78, 5) is 9.84. The number of hydrogen-bond acceptors (Lipinski definition) is 4. The van der Waals surface area contributed by atoms with Gasteiger partial charge in [-0.25, -0.2) is 9.97 Å². The fourth-order valence-electron chi connectivity index (χ4n) is 2.79. The molecule has 2 aromatic carbocycles. The summed E-state index contributed by atoms with van der Waals surface area (Å²) in [6.07, 6.45) is 2.62. The average molecular weight is 366 g/mol. The van der Waals surface area contributed by atoms with Crippen LogP contribution in [0.4, 0.5) is 11.5 Å². The number of fused-ring (bicyclic) bond motifs is 1. The summed E-state index contributed by atoms with van der Waals surface area (Å²) in [7, 11) is 0. The van der Waals surface area contributed by atoms with E-state index in [1.807, 2.05) is 24.3 Å². The molecule has 0 atom stereocenters. The van der Waals surface area contributed by atoms with Crippen LogP contribution in [0.15, 0.2) is 60.2 Å². The number of para-hydroxylation sites is 1. The molecule has 0 amide bonds. The van der Waals surface area contributed by atoms with E-state index in [2.05, 4.69) is 51.9 Å². The van der Waals surface area contributed by atoms with Crippen LogP contribution < -0.4 is 5.32 Å². The van der Waals surface area contributed by atoms with Crippen LogP contribution in [0.3, 0.4) is 0 Å². The second kappa shape index (κ2) is 6.82. The molecule has 4 rings (SSSR count). The van der Waals surface area contributed by atoms with E-state index in [0.717, 1.165) is 33.7 Å². The van der Waals surface area contributed by atoms with Crippen LogP contribution in [0, 0.1) is 0 Å². The van der Waals surface area contributed by atoms with Crippen molar-refractivity contribution in [2.75, 3.05) is 5.32 Å². The molecule has 0 radical (unpaired) electrons. The topological polar surface area (TPSA) is 37.8 Å². The van der Waals surface area contributed by atoms with Crippen molar-refractivity contribution in [3.63, 3.8) is 0 Å². The Bertz CT molecular complexity index is 1020. The average Bonchev–Trinajstić information content (AvgIpc) is 3.09. The van der Waals surface area contributed by atoms with Crippen LogP contribution in [0.2, 0.25) is 5.02 Å². The van der Waals surface area contributed by atoms with Gasteiger partial charge in [-0.3, -0.25) is 0 Å². The van der Waals surface area contributed by atoms with Gasteiger partial charge in [0.15, 0.2) is 0 Å². The molecule has 3 nitrogen and oxygen atoms in total. The van der Waals surface area contributed by atoms with Gasteiger partial charge in [0.25, 0.3) is 0 Å². The Balaban J connectivity index is 1.82. The van der Waals surface area contributed by atoms with Gasteiger partial charge in [-0.2, -0.15) is 0 Å². The molecule has 0 saturated carbocycles. The maximum absolute atomic E-state index is 6.29. The summed E-state index contributed by atoms with van der Waals surface area (Å²) < 4.78 is 0. The third-order valence-corrected chi connectivity index (χ3v) is 5.39. The molecule has 0 spiro atoms. The van der Waals surface area contributed by atoms with Gasteiger partial charge in [0, 0.05) is 10.9 Å². The zero-order valence-corrected chi connectivity index (χ0v) is 15.2. The zero-order chi connectivity index (χ0) is 17.2. The van der Waals surface area contributed by atoms with E-state index in [9.17, 15) is 0 Å². The van der Waals surface area contributed by atoms with E-state index in [0.29, 0.717) is 5.02 Å². The normalized spacial score (nSPS) is 11.0. The Morgan fingerprint density at radius 2 is 1.84 bits per heavy atom. The summed E-state index contributed by atoms with van der Waals surface area (Å²) in [5.41, 5.74) is 4.47. The minimum absolute atomic E-state index is 0.665. The molecule has 1 N–H and O–H groups in total. The molecule has 0 aliphatic carbocycles. The second-order valence-corrected chi connectivity index (χ2v) is 6.97. The standard InChI is InChI=1S/C20H16ClN3S/c1-2-13-7-9-14(10-8-13)15-11-25-20-18(15)19(22-12-23-20)24-17-6-4-3-5-16(17)21/h3-12H,2H2,1H3,(H,22,23,24). The van der Waals surface area contributed by atoms with E-state index in [4.69, 9.17) is 11.6 Å². The highest BCUT2D eigenvalue weighted by molar-refractivity contribution is 7.17. The van der Waals surface area contributed by atoms with Crippen molar-refractivity contribution in [3.8, 4) is 11.1 Å². The number of rotatable bonds is 4. The molecular formula is C20H16ClN3S. The van der Waals surface area contributed by atoms with Crippen LogP contribution in [0.5, 0.6) is 0 Å². The summed E-state index contributed by atoms with van der Waals surface area (Å²) in [6.45, 7) is 2.16. The molecule has 5 heteroatoms. The van der Waals surface area contributed by atoms with Crippen LogP contribution in [0.1, 0.15) is 12.5 Å². The second-order valence-electron chi connectivity index (χ2n) is 5.71. The van der Waals surface area contributed by atoms with Gasteiger partial charge < -0.3 is 5.32 Å². The van der Waals surface area contributed by atoms with Crippen molar-refractivity contribution in [2.24, 2.45) is 0 Å². The lowest BCUT2D eigenvalue weighted by Crippen LogP contribution is -1.96. The van der Waals surface area contributed by atoms with Gasteiger partial charge >= 0.3 is 0 Å². The first-order chi connectivity index (χ1) is 12.3. The van der Waals surface area contributed by atoms with Gasteiger partial charge in [-0.15, -0.1) is 11.3 Å². The first-order valence-electron chi connectivity index (χ1n) is 8.09. The monoisotopic (exact) mass is 365 g/mol. The van der Waals surface area contributed by atoms with Crippen molar-refractivity contribution in [2.45, 2.75) is 13.3 Å². The van der Waals surface area contributed by atoms with E-state index < -0.39 is 0 Å². The molecule has 124 valence electrons. The summed E-state index contributed by atoms with van der Waals surface area (Å²) in [5.74, 6) is 0.772. The molecule has 0 saturated heterocycles. The molecule has 2 aromatic heterocycles. The van der Waals surface area contributed by atoms with Crippen molar-refractivity contribution in [1.29, 1.82) is 0 Å². The summed E-state index contributed by atoms with van der Waals surface area (Å²) in [6, 6.07) is 16.3. The highest BCUT2D eigenvalue weighted by Gasteiger charge is 2.14. The molecule has 0 bridgehead atoms. The van der Waals surface area contributed by atoms with Crippen molar-refractivity contribution in [1.82, 2.24) is 9.97 Å². The van der Waals surface area contributed by atoms with Gasteiger partial charge in [-0.05, 0) is 29.7 Å². The van der Waals surface area contributed by atoms with Crippen LogP contribution in [0.25, 0.3) is 21.3 Å². The van der Waals surface area contributed by atoms with Gasteiger partial charge in [0.2, 0.25) is 0 Å². The maximum Gasteiger partial charge on any atom is 0.143 e. The first-order valence-corrected chi connectivity index (χ1v) is 9.35. The number of halogens is 1. The largest absolute Gasteiger partial charge is 0.338 e. The maximum atomic E-state index is 6.29. The first kappa shape index (κ1) is 16.1. The molecule has 4 aromatic rings. The molecular weight excluding hydrogens is 350 g/mol. The SMILES string of the molecule is CCc1ccc(-c2csc3ncnc(Nc4ccccc4Cl)c23)cc1. The quantitative estimate of drug-likeness (QED) is 0.460. The highest BCUT2D eigenvalue weighted by Crippen LogP contribution is 2.38. The number of anilines is 2. The molecule has 0 aliphatic heterocycles. The lowest BCUT2D eigenvalue weighted by atomic mass is 10.0. The number of aryl methyl sites for hydroxylation is 1. The molecule has 25 heavy (non-hydrogen) atoms. The third-order valence-electron chi connectivity index (χ3n) is 4.17. The number of nitrogens with zero attached hydrogens (tertiary/aromatic N) is 2. The molecule has 0 fully saturated rings. The van der Waals surface area contributed by atoms with E-state index in [-0.39, 0.29) is 0 Å². The number of benzene rings is 2. The highest BCUT2D eigenvalue weighted by atomic mass is 35.5. The Hall–Kier alpha value is -2.43. The van der Waals surface area contributed by atoms with Gasteiger partial charge in [0.05, 0.1) is 16.1 Å². The molecule has 0 unspecified atom stereocenters. The van der Waals surface area contributed by atoms with E-state index >= 15 is 0 Å². The van der Waals surface area contributed by atoms with Gasteiger partial charge in [-0.1, -0.05) is 54.9 Å². The smallest absolute Gasteiger partial charge is 0.143 e. The number of nitrogens with one attached hydrogen (secondary N) is 1. The third kappa shape index (κ3) is 3.11. The lowest BCUT2D eigenvalue weighted by Gasteiger charge is -2.10. The van der Waals surface area contributed by atoms with E-state index in [1.165, 1.54) is 11.1 Å². The minimum atomic E-state index is 0.665. The Morgan fingerprint density at radius 3 is 2.60 bits per heavy atom. The Morgan fingerprint density at radius 1 is 1.04 bits per heavy atom. The molecule has 0 aliphatic rings. The minimum Gasteiger partial charge on any atom is -0.338 e. The van der Waals surface area contributed by atoms with Crippen molar-refractivity contribution in [3.05, 3.63) is 70.8 Å². The van der Waals surface area contributed by atoms with Crippen LogP contribution >= 0.6 is 22.9 Å². The fourth-order valence-corrected chi connectivity index (χ4v) is 3.89. The number of thiophene rings is 1. The van der Waals surface area contributed by atoms with Crippen molar-refractivity contribution >= 4 is 44.7 Å². The Kier molecular flexibility index (Phi) is 4.38. The Labute approximate surface area is 155 Å². The predicted octanol–water partition coefficient (Wildman–Crippen LogP) is 6.32. The predicted molar refractivity (Wildman–Crippen MR) is 107 cm³/mol. The van der Waals surface area contributed by atoms with E-state index in [1.54, 1.807) is 17.7 Å². The van der Waals surface area contributed by atoms with Crippen molar-refractivity contribution < 1.29 is 0 Å². The van der Waals surface area contributed by atoms with Crippen LogP contribution in [-0.4, -0.2) is 9.97 Å². The summed E-state index contributed by atoms with van der Waals surface area (Å²) >= 11 is 7.91.